The van der Waals surface area contributed by atoms with Gasteiger partial charge < -0.3 is 59.6 Å². The molecule has 3 rings (SSSR count). The standard InChI is InChI=1S/2C14H24F2N2O4.C11H20F2NO6P.4CH4/c2*1-9(17)12(20)21-7-11(19)18-6-5-10(14(15,16)8-18)22-13(2,3)4;1-10(2,3)20-8-4-5-14(7-11(8,12)13)9(15)6-19-21(16,17)18;;;;/h2*9-10H,5-8,17H2,1-4H3;8H,4-7H2,1-3H3,(H2,16,17,18);4*1H4/t9-,10+;9-,10-;8-;;;;/m100..../s1. The van der Waals surface area contributed by atoms with Gasteiger partial charge in [-0.05, 0) is 95.4 Å². The van der Waals surface area contributed by atoms with Crippen LogP contribution in [0.5, 0.6) is 0 Å². The Morgan fingerprint density at radius 2 is 0.783 bits per heavy atom. The summed E-state index contributed by atoms with van der Waals surface area (Å²) >= 11 is 0. The first-order chi connectivity index (χ1) is 29.1. The first-order valence-corrected chi connectivity index (χ1v) is 22.2. The molecule has 3 fully saturated rings. The highest BCUT2D eigenvalue weighted by Gasteiger charge is 2.50. The van der Waals surface area contributed by atoms with Crippen molar-refractivity contribution in [3.63, 3.8) is 0 Å². The van der Waals surface area contributed by atoms with Crippen LogP contribution in [0.1, 0.15) is 125 Å². The van der Waals surface area contributed by atoms with E-state index in [9.17, 15) is 54.9 Å². The van der Waals surface area contributed by atoms with Crippen molar-refractivity contribution in [2.75, 3.05) is 59.1 Å². The molecule has 0 unspecified atom stereocenters. The molecule has 3 aliphatic heterocycles. The number of phosphoric acid groups is 1. The second-order valence-electron chi connectivity index (χ2n) is 18.8. The average molecular weight is 1040 g/mol. The monoisotopic (exact) mass is 1040 g/mol. The highest BCUT2D eigenvalue weighted by Crippen LogP contribution is 2.37. The van der Waals surface area contributed by atoms with E-state index < -0.39 is 142 Å². The Morgan fingerprint density at radius 1 is 0.551 bits per heavy atom. The number of hydrogen-bond acceptors (Lipinski definition) is 14. The number of piperidine rings is 3. The smallest absolute Gasteiger partial charge is 0.454 e. The number of nitrogens with zero attached hydrogens (tertiary/aromatic N) is 3. The molecule has 3 heterocycles. The minimum Gasteiger partial charge on any atom is -0.454 e. The van der Waals surface area contributed by atoms with Gasteiger partial charge >= 0.3 is 19.8 Å². The van der Waals surface area contributed by atoms with Gasteiger partial charge in [-0.25, -0.2) is 30.9 Å². The summed E-state index contributed by atoms with van der Waals surface area (Å²) < 4.78 is 124. The van der Waals surface area contributed by atoms with Crippen LogP contribution in [0.15, 0.2) is 0 Å². The summed E-state index contributed by atoms with van der Waals surface area (Å²) in [4.78, 5) is 77.4. The molecule has 0 aromatic heterocycles. The van der Waals surface area contributed by atoms with Gasteiger partial charge in [0.2, 0.25) is 5.91 Å². The molecule has 0 radical (unpaired) electrons. The number of hydrogen-bond donors (Lipinski definition) is 4. The van der Waals surface area contributed by atoms with E-state index in [2.05, 4.69) is 14.0 Å². The van der Waals surface area contributed by atoms with E-state index in [0.29, 0.717) is 0 Å². The van der Waals surface area contributed by atoms with Gasteiger partial charge in [0.25, 0.3) is 29.6 Å². The van der Waals surface area contributed by atoms with E-state index in [1.165, 1.54) is 13.8 Å². The first kappa shape index (κ1) is 72.4. The first-order valence-electron chi connectivity index (χ1n) is 20.7. The number of phosphoric ester groups is 1. The molecule has 0 aliphatic carbocycles. The van der Waals surface area contributed by atoms with Crippen molar-refractivity contribution in [2.45, 2.75) is 190 Å². The zero-order valence-electron chi connectivity index (χ0n) is 38.9. The van der Waals surface area contributed by atoms with E-state index in [4.69, 9.17) is 35.5 Å². The van der Waals surface area contributed by atoms with E-state index >= 15 is 0 Å². The van der Waals surface area contributed by atoms with Crippen LogP contribution in [-0.4, -0.2) is 178 Å². The van der Waals surface area contributed by atoms with Crippen molar-refractivity contribution in [2.24, 2.45) is 11.5 Å². The summed E-state index contributed by atoms with van der Waals surface area (Å²) in [7, 11) is -4.80. The largest absolute Gasteiger partial charge is 0.470 e. The lowest BCUT2D eigenvalue weighted by atomic mass is 10.0. The van der Waals surface area contributed by atoms with E-state index in [1.807, 2.05) is 0 Å². The normalized spacial score (nSPS) is 21.8. The molecule has 412 valence electrons. The molecule has 3 saturated heterocycles. The van der Waals surface area contributed by atoms with E-state index in [1.54, 1.807) is 62.3 Å². The maximum absolute atomic E-state index is 14.1. The van der Waals surface area contributed by atoms with Crippen LogP contribution in [0.4, 0.5) is 26.3 Å². The topological polar surface area (TPSA) is 260 Å². The fourth-order valence-corrected chi connectivity index (χ4v) is 6.33. The van der Waals surface area contributed by atoms with Crippen molar-refractivity contribution in [1.29, 1.82) is 0 Å². The molecular formula is C43H84F6N5O14P. The zero-order valence-corrected chi connectivity index (χ0v) is 39.8. The molecule has 6 N–H and O–H groups in total. The fraction of sp³-hybridized carbons (Fsp3) is 0.884. The molecule has 69 heavy (non-hydrogen) atoms. The Balaban J connectivity index is -0.000000446. The van der Waals surface area contributed by atoms with Gasteiger partial charge in [-0.2, -0.15) is 0 Å². The molecular weight excluding hydrogens is 955 g/mol. The van der Waals surface area contributed by atoms with Crippen LogP contribution in [0.25, 0.3) is 0 Å². The molecule has 0 spiro atoms. The maximum Gasteiger partial charge on any atom is 0.470 e. The number of esters is 2. The summed E-state index contributed by atoms with van der Waals surface area (Å²) in [5, 5.41) is 0. The zero-order chi connectivity index (χ0) is 50.7. The molecule has 0 bridgehead atoms. The lowest BCUT2D eigenvalue weighted by Crippen LogP contribution is -2.56. The van der Waals surface area contributed by atoms with Crippen LogP contribution in [0.2, 0.25) is 0 Å². The summed E-state index contributed by atoms with van der Waals surface area (Å²) in [5.74, 6) is -13.2. The highest BCUT2D eigenvalue weighted by atomic mass is 31.2. The lowest BCUT2D eigenvalue weighted by Gasteiger charge is -2.40. The quantitative estimate of drug-likeness (QED) is 0.106. The summed E-state index contributed by atoms with van der Waals surface area (Å²) in [6.07, 6.45) is -3.78. The predicted octanol–water partition coefficient (Wildman–Crippen LogP) is 5.55. The minimum absolute atomic E-state index is 0. The molecule has 0 aromatic carbocycles. The Labute approximate surface area is 405 Å². The number of halogens is 6. The maximum atomic E-state index is 14.1. The van der Waals surface area contributed by atoms with Gasteiger partial charge in [-0.1, -0.05) is 29.7 Å². The number of alkyl halides is 6. The summed E-state index contributed by atoms with van der Waals surface area (Å²) in [6.45, 7) is 13.8. The van der Waals surface area contributed by atoms with Crippen molar-refractivity contribution < 1.29 is 92.9 Å². The van der Waals surface area contributed by atoms with Gasteiger partial charge in [0.15, 0.2) is 13.2 Å². The van der Waals surface area contributed by atoms with Crippen molar-refractivity contribution >= 4 is 37.5 Å². The third-order valence-electron chi connectivity index (χ3n) is 8.92. The van der Waals surface area contributed by atoms with E-state index in [-0.39, 0.29) is 68.6 Å². The Bertz CT molecular complexity index is 1580. The second kappa shape index (κ2) is 28.8. The summed E-state index contributed by atoms with van der Waals surface area (Å²) in [5.41, 5.74) is 8.46. The third-order valence-corrected chi connectivity index (χ3v) is 9.39. The van der Waals surface area contributed by atoms with E-state index in [0.717, 1.165) is 14.7 Å². The van der Waals surface area contributed by atoms with Crippen molar-refractivity contribution in [3.05, 3.63) is 0 Å². The number of likely N-dealkylation sites (tertiary alicyclic amines) is 3. The van der Waals surface area contributed by atoms with Gasteiger partial charge in [-0.3, -0.25) is 28.5 Å². The van der Waals surface area contributed by atoms with Crippen LogP contribution in [0.3, 0.4) is 0 Å². The van der Waals surface area contributed by atoms with Gasteiger partial charge in [0.05, 0.1) is 36.4 Å². The average Bonchev–Trinajstić information content (AvgIpc) is 3.12. The molecule has 0 aromatic rings. The van der Waals surface area contributed by atoms with Gasteiger partial charge in [0.1, 0.15) is 37.0 Å². The van der Waals surface area contributed by atoms with Gasteiger partial charge in [0, 0.05) is 19.6 Å². The number of rotatable bonds is 12. The molecule has 26 heteroatoms. The number of carbonyl (C=O) groups excluding carboxylic acids is 5. The van der Waals surface area contributed by atoms with Crippen LogP contribution in [-0.2, 0) is 56.7 Å². The second-order valence-corrected chi connectivity index (χ2v) is 20.0. The molecule has 3 amide bonds. The number of amides is 3. The molecule has 0 saturated carbocycles. The van der Waals surface area contributed by atoms with Gasteiger partial charge in [-0.15, -0.1) is 0 Å². The number of carbonyl (C=O) groups is 5. The van der Waals surface area contributed by atoms with Crippen LogP contribution >= 0.6 is 7.82 Å². The number of nitrogens with two attached hydrogens (primary N) is 2. The Morgan fingerprint density at radius 3 is 0.971 bits per heavy atom. The molecule has 3 aliphatic rings. The summed E-state index contributed by atoms with van der Waals surface area (Å²) in [6, 6.07) is -1.72. The Hall–Kier alpha value is -3.16. The van der Waals surface area contributed by atoms with Crippen LogP contribution < -0.4 is 11.5 Å². The number of ether oxygens (including phenoxy) is 5. The minimum atomic E-state index is -4.80. The van der Waals surface area contributed by atoms with Crippen LogP contribution in [0, 0.1) is 0 Å². The van der Waals surface area contributed by atoms with Crippen molar-refractivity contribution in [1.82, 2.24) is 14.7 Å². The van der Waals surface area contributed by atoms with Crippen molar-refractivity contribution in [3.8, 4) is 0 Å². The SMILES string of the molecule is C.C.C.C.CC(C)(C)O[C@H]1CCN(C(=O)COP(=O)(O)O)CC1(F)F.C[C@@H](N)C(=O)OCC(=O)N1CC[C@H](OC(C)(C)C)C(F)(F)C1.C[C@H](N)C(=O)OCC(=O)N1CC[C@H](OC(C)(C)C)C(F)(F)C1. The molecule has 19 nitrogen and oxygen atoms in total. The lowest BCUT2D eigenvalue weighted by molar-refractivity contribution is -0.208. The fourth-order valence-electron chi connectivity index (χ4n) is 6.05. The molecule has 5 atom stereocenters. The third kappa shape index (κ3) is 27.9. The predicted molar refractivity (Wildman–Crippen MR) is 246 cm³/mol. The Kier molecular flexibility index (Phi) is 30.2. The highest BCUT2D eigenvalue weighted by molar-refractivity contribution is 7.46.